The lowest BCUT2D eigenvalue weighted by atomic mass is 10.1. The maximum Gasteiger partial charge on any atom is 0.248 e. The minimum Gasteiger partial charge on any atom is -0.392 e. The van der Waals surface area contributed by atoms with Gasteiger partial charge in [0.25, 0.3) is 0 Å². The number of likely N-dealkylation sites (tertiary alicyclic amines) is 1. The van der Waals surface area contributed by atoms with Crippen molar-refractivity contribution in [3.8, 4) is 0 Å². The number of primary amides is 1. The summed E-state index contributed by atoms with van der Waals surface area (Å²) in [6.07, 6.45) is 0.620. The number of amides is 1. The van der Waals surface area contributed by atoms with Gasteiger partial charge in [0.2, 0.25) is 5.91 Å². The van der Waals surface area contributed by atoms with Gasteiger partial charge < -0.3 is 10.8 Å². The number of aliphatic hydroxyl groups is 1. The lowest BCUT2D eigenvalue weighted by molar-refractivity contribution is 0.1000. The Hall–Kier alpha value is -1.39. The molecule has 0 aliphatic carbocycles. The Kier molecular flexibility index (Phi) is 3.22. The fourth-order valence-corrected chi connectivity index (χ4v) is 2.04. The number of β-amino-alcohol motifs (C(OH)–C–C–N with tert-alkyl or cyclic N) is 1. The second kappa shape index (κ2) is 4.63. The second-order valence-electron chi connectivity index (χ2n) is 4.24. The van der Waals surface area contributed by atoms with Crippen LogP contribution in [0.15, 0.2) is 24.3 Å². The third kappa shape index (κ3) is 2.59. The van der Waals surface area contributed by atoms with E-state index in [4.69, 9.17) is 5.73 Å². The lowest BCUT2D eigenvalue weighted by Crippen LogP contribution is -2.21. The van der Waals surface area contributed by atoms with Crippen LogP contribution in [0, 0.1) is 0 Å². The largest absolute Gasteiger partial charge is 0.392 e. The molecular weight excluding hydrogens is 204 g/mol. The van der Waals surface area contributed by atoms with Crippen LogP contribution in [0.2, 0.25) is 0 Å². The van der Waals surface area contributed by atoms with Gasteiger partial charge in [0.15, 0.2) is 0 Å². The predicted octanol–water partition coefficient (Wildman–Crippen LogP) is 0.352. The van der Waals surface area contributed by atoms with Crippen molar-refractivity contribution in [2.24, 2.45) is 5.73 Å². The van der Waals surface area contributed by atoms with Crippen LogP contribution < -0.4 is 5.73 Å². The van der Waals surface area contributed by atoms with E-state index in [1.165, 1.54) is 0 Å². The van der Waals surface area contributed by atoms with Crippen molar-refractivity contribution < 1.29 is 9.90 Å². The first kappa shape index (κ1) is 11.1. The average molecular weight is 220 g/mol. The number of hydrogen-bond donors (Lipinski definition) is 2. The highest BCUT2D eigenvalue weighted by Crippen LogP contribution is 2.14. The molecule has 3 N–H and O–H groups in total. The fourth-order valence-electron chi connectivity index (χ4n) is 2.04. The highest BCUT2D eigenvalue weighted by molar-refractivity contribution is 5.92. The third-order valence-electron chi connectivity index (χ3n) is 2.87. The Morgan fingerprint density at radius 2 is 2.38 bits per heavy atom. The van der Waals surface area contributed by atoms with Gasteiger partial charge in [-0.05, 0) is 24.1 Å². The molecule has 2 rings (SSSR count). The van der Waals surface area contributed by atoms with Gasteiger partial charge >= 0.3 is 0 Å². The van der Waals surface area contributed by atoms with E-state index in [0.29, 0.717) is 12.1 Å². The van der Waals surface area contributed by atoms with Crippen molar-refractivity contribution in [1.82, 2.24) is 4.90 Å². The van der Waals surface area contributed by atoms with Crippen LogP contribution in [0.1, 0.15) is 22.3 Å². The molecule has 16 heavy (non-hydrogen) atoms. The Balaban J connectivity index is 2.04. The van der Waals surface area contributed by atoms with Gasteiger partial charge in [0.05, 0.1) is 6.10 Å². The molecule has 0 aromatic heterocycles. The number of carbonyl (C=O) groups is 1. The second-order valence-corrected chi connectivity index (χ2v) is 4.24. The molecule has 1 atom stereocenters. The number of nitrogens with two attached hydrogens (primary N) is 1. The highest BCUT2D eigenvalue weighted by Gasteiger charge is 2.19. The van der Waals surface area contributed by atoms with E-state index in [1.54, 1.807) is 6.07 Å². The van der Waals surface area contributed by atoms with Gasteiger partial charge in [0, 0.05) is 25.2 Å². The van der Waals surface area contributed by atoms with Crippen LogP contribution in [0.3, 0.4) is 0 Å². The van der Waals surface area contributed by atoms with Crippen molar-refractivity contribution >= 4 is 5.91 Å². The topological polar surface area (TPSA) is 66.6 Å². The average Bonchev–Trinajstić information content (AvgIpc) is 2.64. The number of benzene rings is 1. The summed E-state index contributed by atoms with van der Waals surface area (Å²) in [5, 5.41) is 9.40. The Morgan fingerprint density at radius 1 is 1.56 bits per heavy atom. The van der Waals surface area contributed by atoms with Gasteiger partial charge in [0.1, 0.15) is 0 Å². The Bertz CT molecular complexity index is 392. The standard InChI is InChI=1S/C12H16N2O2/c13-12(16)10-3-1-2-9(6-10)7-14-5-4-11(15)8-14/h1-3,6,11,15H,4-5,7-8H2,(H2,13,16). The number of nitrogens with zero attached hydrogens (tertiary/aromatic N) is 1. The van der Waals surface area contributed by atoms with Crippen molar-refractivity contribution in [1.29, 1.82) is 0 Å². The zero-order valence-electron chi connectivity index (χ0n) is 9.10. The van der Waals surface area contributed by atoms with Gasteiger partial charge in [-0.2, -0.15) is 0 Å². The molecule has 1 fully saturated rings. The number of rotatable bonds is 3. The summed E-state index contributed by atoms with van der Waals surface area (Å²) >= 11 is 0. The molecule has 4 nitrogen and oxygen atoms in total. The smallest absolute Gasteiger partial charge is 0.248 e. The van der Waals surface area contributed by atoms with Crippen LogP contribution in [0.25, 0.3) is 0 Å². The minimum atomic E-state index is -0.400. The van der Waals surface area contributed by atoms with Crippen LogP contribution in [-0.2, 0) is 6.54 Å². The van der Waals surface area contributed by atoms with Gasteiger partial charge in [-0.15, -0.1) is 0 Å². The molecule has 86 valence electrons. The molecule has 4 heteroatoms. The fraction of sp³-hybridized carbons (Fsp3) is 0.417. The number of hydrogen-bond acceptors (Lipinski definition) is 3. The van der Waals surface area contributed by atoms with Crippen LogP contribution in [0.5, 0.6) is 0 Å². The molecule has 0 bridgehead atoms. The van der Waals surface area contributed by atoms with E-state index >= 15 is 0 Å². The Morgan fingerprint density at radius 3 is 3.00 bits per heavy atom. The zero-order chi connectivity index (χ0) is 11.5. The molecule has 1 aromatic rings. The van der Waals surface area contributed by atoms with Gasteiger partial charge in [-0.3, -0.25) is 9.69 Å². The summed E-state index contributed by atoms with van der Waals surface area (Å²) < 4.78 is 0. The summed E-state index contributed by atoms with van der Waals surface area (Å²) in [5.41, 5.74) is 6.82. The first-order chi connectivity index (χ1) is 7.65. The van der Waals surface area contributed by atoms with E-state index in [-0.39, 0.29) is 6.10 Å². The molecule has 0 spiro atoms. The highest BCUT2D eigenvalue weighted by atomic mass is 16.3. The molecule has 1 amide bonds. The van der Waals surface area contributed by atoms with E-state index < -0.39 is 5.91 Å². The van der Waals surface area contributed by atoms with Crippen molar-refractivity contribution in [2.45, 2.75) is 19.1 Å². The first-order valence-corrected chi connectivity index (χ1v) is 5.44. The number of carbonyl (C=O) groups excluding carboxylic acids is 1. The number of aliphatic hydroxyl groups excluding tert-OH is 1. The molecule has 1 aliphatic heterocycles. The van der Waals surface area contributed by atoms with Gasteiger partial charge in [-0.25, -0.2) is 0 Å². The quantitative estimate of drug-likeness (QED) is 0.772. The molecule has 1 heterocycles. The van der Waals surface area contributed by atoms with Crippen LogP contribution in [-0.4, -0.2) is 35.1 Å². The summed E-state index contributed by atoms with van der Waals surface area (Å²) in [7, 11) is 0. The molecule has 0 radical (unpaired) electrons. The molecule has 1 unspecified atom stereocenters. The molecule has 1 aromatic carbocycles. The van der Waals surface area contributed by atoms with Crippen molar-refractivity contribution in [3.05, 3.63) is 35.4 Å². The SMILES string of the molecule is NC(=O)c1cccc(CN2CCC(O)C2)c1. The molecule has 0 saturated carbocycles. The van der Waals surface area contributed by atoms with Crippen molar-refractivity contribution in [2.75, 3.05) is 13.1 Å². The summed E-state index contributed by atoms with van der Waals surface area (Å²) in [5.74, 6) is -0.400. The third-order valence-corrected chi connectivity index (χ3v) is 2.87. The molecular formula is C12H16N2O2. The summed E-state index contributed by atoms with van der Waals surface area (Å²) in [4.78, 5) is 13.2. The minimum absolute atomic E-state index is 0.209. The maximum atomic E-state index is 11.0. The van der Waals surface area contributed by atoms with E-state index in [2.05, 4.69) is 4.90 Å². The van der Waals surface area contributed by atoms with Gasteiger partial charge in [-0.1, -0.05) is 12.1 Å². The summed E-state index contributed by atoms with van der Waals surface area (Å²) in [6.45, 7) is 2.38. The first-order valence-electron chi connectivity index (χ1n) is 5.44. The van der Waals surface area contributed by atoms with E-state index in [9.17, 15) is 9.90 Å². The van der Waals surface area contributed by atoms with Crippen molar-refractivity contribution in [3.63, 3.8) is 0 Å². The van der Waals surface area contributed by atoms with Crippen LogP contribution in [0.4, 0.5) is 0 Å². The monoisotopic (exact) mass is 220 g/mol. The maximum absolute atomic E-state index is 11.0. The normalized spacial score (nSPS) is 21.2. The summed E-state index contributed by atoms with van der Waals surface area (Å²) in [6, 6.07) is 7.33. The Labute approximate surface area is 94.7 Å². The van der Waals surface area contributed by atoms with Crippen LogP contribution >= 0.6 is 0 Å². The molecule has 1 aliphatic rings. The van der Waals surface area contributed by atoms with E-state index in [1.807, 2.05) is 18.2 Å². The zero-order valence-corrected chi connectivity index (χ0v) is 9.10. The molecule has 1 saturated heterocycles. The van der Waals surface area contributed by atoms with E-state index in [0.717, 1.165) is 25.1 Å². The predicted molar refractivity (Wildman–Crippen MR) is 60.9 cm³/mol. The lowest BCUT2D eigenvalue weighted by Gasteiger charge is -2.15.